The van der Waals surface area contributed by atoms with Gasteiger partial charge in [-0.3, -0.25) is 20.2 Å². The van der Waals surface area contributed by atoms with E-state index in [1.54, 1.807) is 24.3 Å². The summed E-state index contributed by atoms with van der Waals surface area (Å²) in [5.74, 6) is 0. The molecule has 2 aromatic carbocycles. The highest BCUT2D eigenvalue weighted by Gasteiger charge is 2.18. The Morgan fingerprint density at radius 1 is 0.941 bits per heavy atom. The molecule has 0 spiro atoms. The second-order valence-corrected chi connectivity index (χ2v) is 3.20. The topological polar surface area (TPSA) is 86.3 Å². The Morgan fingerprint density at radius 2 is 1.59 bits per heavy atom. The van der Waals surface area contributed by atoms with E-state index in [-0.39, 0.29) is 18.8 Å². The van der Waals surface area contributed by atoms with Gasteiger partial charge in [0.2, 0.25) is 0 Å². The Labute approximate surface area is 96.8 Å². The Balaban J connectivity index is 0.00000144. The largest absolute Gasteiger partial charge is 0.284 e. The van der Waals surface area contributed by atoms with Crippen LogP contribution in [0.15, 0.2) is 36.4 Å². The molecule has 0 radical (unpaired) electrons. The van der Waals surface area contributed by atoms with Gasteiger partial charge in [0.05, 0.1) is 21.3 Å². The van der Waals surface area contributed by atoms with E-state index in [0.29, 0.717) is 10.8 Å². The maximum atomic E-state index is 10.8. The number of rotatable bonds is 2. The molecule has 0 heterocycles. The molecule has 6 heteroatoms. The third-order valence-electron chi connectivity index (χ3n) is 2.23. The van der Waals surface area contributed by atoms with Gasteiger partial charge in [-0.25, -0.2) is 0 Å². The van der Waals surface area contributed by atoms with Gasteiger partial charge in [-0.05, 0) is 11.5 Å². The fourth-order valence-electron chi connectivity index (χ4n) is 1.53. The molecule has 0 fully saturated rings. The van der Waals surface area contributed by atoms with Crippen LogP contribution in [0.4, 0.5) is 11.4 Å². The number of nitro benzene ring substituents is 2. The van der Waals surface area contributed by atoms with Crippen molar-refractivity contribution in [1.29, 1.82) is 0 Å². The molecule has 0 amide bonds. The van der Waals surface area contributed by atoms with Crippen LogP contribution in [0, 0.1) is 20.2 Å². The highest BCUT2D eigenvalue weighted by Crippen LogP contribution is 2.30. The van der Waals surface area contributed by atoms with Gasteiger partial charge in [0.1, 0.15) is 0 Å². The van der Waals surface area contributed by atoms with Crippen molar-refractivity contribution in [1.82, 2.24) is 0 Å². The van der Waals surface area contributed by atoms with Crippen LogP contribution in [0.3, 0.4) is 0 Å². The van der Waals surface area contributed by atoms with Crippen molar-refractivity contribution in [3.05, 3.63) is 56.6 Å². The summed E-state index contributed by atoms with van der Waals surface area (Å²) in [6, 6.07) is 8.80. The molecule has 0 atom stereocenters. The zero-order chi connectivity index (χ0) is 11.7. The molecule has 0 saturated carbocycles. The summed E-state index contributed by atoms with van der Waals surface area (Å²) in [6.45, 7) is 0. The summed E-state index contributed by atoms with van der Waals surface area (Å²) < 4.78 is 0. The molecular formula is C11H10N2O4. The van der Waals surface area contributed by atoms with Crippen LogP contribution in [0.1, 0.15) is 7.43 Å². The summed E-state index contributed by atoms with van der Waals surface area (Å²) in [7, 11) is 0. The first-order chi connectivity index (χ1) is 7.59. The van der Waals surface area contributed by atoms with Gasteiger partial charge in [-0.2, -0.15) is 0 Å². The lowest BCUT2D eigenvalue weighted by Gasteiger charge is -1.99. The first-order valence-electron chi connectivity index (χ1n) is 4.41. The van der Waals surface area contributed by atoms with Crippen LogP contribution in [0.25, 0.3) is 10.8 Å². The molecule has 88 valence electrons. The smallest absolute Gasteiger partial charge is 0.258 e. The van der Waals surface area contributed by atoms with Crippen LogP contribution in [0.2, 0.25) is 0 Å². The standard InChI is InChI=1S/C10H6N2O4.CH4/c13-11(14)8-5-7-3-1-2-4-9(7)10(6-8)12(15)16;/h1-6H;1H4. The number of hydrogen-bond acceptors (Lipinski definition) is 4. The first kappa shape index (κ1) is 12.6. The van der Waals surface area contributed by atoms with Crippen molar-refractivity contribution < 1.29 is 9.85 Å². The second-order valence-electron chi connectivity index (χ2n) is 3.20. The van der Waals surface area contributed by atoms with Crippen molar-refractivity contribution in [2.75, 3.05) is 0 Å². The Bertz CT molecular complexity index is 595. The molecule has 6 nitrogen and oxygen atoms in total. The average Bonchev–Trinajstić information content (AvgIpc) is 2.27. The molecule has 2 rings (SSSR count). The third kappa shape index (κ3) is 2.20. The minimum absolute atomic E-state index is 0. The van der Waals surface area contributed by atoms with Gasteiger partial charge in [-0.1, -0.05) is 25.6 Å². The summed E-state index contributed by atoms with van der Waals surface area (Å²) >= 11 is 0. The van der Waals surface area contributed by atoms with Crippen molar-refractivity contribution in [2.45, 2.75) is 7.43 Å². The molecule has 0 aliphatic rings. The van der Waals surface area contributed by atoms with E-state index in [4.69, 9.17) is 0 Å². The van der Waals surface area contributed by atoms with Gasteiger partial charge in [0.25, 0.3) is 11.4 Å². The van der Waals surface area contributed by atoms with Gasteiger partial charge in [0.15, 0.2) is 0 Å². The quantitative estimate of drug-likeness (QED) is 0.589. The fourth-order valence-corrected chi connectivity index (χ4v) is 1.53. The number of hydrogen-bond donors (Lipinski definition) is 0. The van der Waals surface area contributed by atoms with E-state index >= 15 is 0 Å². The number of fused-ring (bicyclic) bond motifs is 1. The maximum absolute atomic E-state index is 10.8. The molecule has 0 unspecified atom stereocenters. The molecule has 0 bridgehead atoms. The minimum Gasteiger partial charge on any atom is -0.258 e. The Morgan fingerprint density at radius 3 is 2.18 bits per heavy atom. The van der Waals surface area contributed by atoms with E-state index in [1.165, 1.54) is 6.07 Å². The molecule has 0 aromatic heterocycles. The zero-order valence-electron chi connectivity index (χ0n) is 7.99. The average molecular weight is 234 g/mol. The highest BCUT2D eigenvalue weighted by molar-refractivity contribution is 5.92. The van der Waals surface area contributed by atoms with Crippen molar-refractivity contribution in [3.8, 4) is 0 Å². The zero-order valence-corrected chi connectivity index (χ0v) is 7.99. The van der Waals surface area contributed by atoms with Crippen molar-refractivity contribution >= 4 is 22.1 Å². The monoisotopic (exact) mass is 234 g/mol. The Hall–Kier alpha value is -2.50. The van der Waals surface area contributed by atoms with Crippen LogP contribution >= 0.6 is 0 Å². The molecule has 2 aromatic rings. The van der Waals surface area contributed by atoms with Gasteiger partial charge >= 0.3 is 0 Å². The van der Waals surface area contributed by atoms with Crippen LogP contribution in [0.5, 0.6) is 0 Å². The summed E-state index contributed by atoms with van der Waals surface area (Å²) in [5, 5.41) is 22.3. The summed E-state index contributed by atoms with van der Waals surface area (Å²) in [6.07, 6.45) is 0. The van der Waals surface area contributed by atoms with Crippen LogP contribution < -0.4 is 0 Å². The SMILES string of the molecule is C.O=[N+]([O-])c1cc([N+](=O)[O-])c2ccccc2c1. The van der Waals surface area contributed by atoms with Crippen LogP contribution in [-0.2, 0) is 0 Å². The summed E-state index contributed by atoms with van der Waals surface area (Å²) in [4.78, 5) is 20.1. The van der Waals surface area contributed by atoms with Crippen LogP contribution in [-0.4, -0.2) is 9.85 Å². The maximum Gasteiger partial charge on any atom is 0.284 e. The normalized spacial score (nSPS) is 9.65. The van der Waals surface area contributed by atoms with Gasteiger partial charge in [-0.15, -0.1) is 0 Å². The number of benzene rings is 2. The molecule has 0 aliphatic carbocycles. The first-order valence-corrected chi connectivity index (χ1v) is 4.41. The van der Waals surface area contributed by atoms with E-state index in [2.05, 4.69) is 0 Å². The predicted molar refractivity (Wildman–Crippen MR) is 64.0 cm³/mol. The fraction of sp³-hybridized carbons (Fsp3) is 0.0909. The molecule has 17 heavy (non-hydrogen) atoms. The molecule has 0 saturated heterocycles. The van der Waals surface area contributed by atoms with Crippen molar-refractivity contribution in [2.24, 2.45) is 0 Å². The van der Waals surface area contributed by atoms with E-state index < -0.39 is 9.85 Å². The molecule has 0 N–H and O–H groups in total. The van der Waals surface area contributed by atoms with Gasteiger partial charge < -0.3 is 0 Å². The lowest BCUT2D eigenvalue weighted by atomic mass is 10.1. The minimum atomic E-state index is -0.639. The van der Waals surface area contributed by atoms with E-state index in [9.17, 15) is 20.2 Å². The number of nitrogens with zero attached hydrogens (tertiary/aromatic N) is 2. The molecule has 0 aliphatic heterocycles. The second kappa shape index (κ2) is 4.56. The summed E-state index contributed by atoms with van der Waals surface area (Å²) in [5.41, 5.74) is -0.518. The highest BCUT2D eigenvalue weighted by atomic mass is 16.6. The number of non-ortho nitro benzene ring substituents is 2. The third-order valence-corrected chi connectivity index (χ3v) is 2.23. The molecular weight excluding hydrogens is 224 g/mol. The van der Waals surface area contributed by atoms with E-state index in [1.807, 2.05) is 0 Å². The van der Waals surface area contributed by atoms with E-state index in [0.717, 1.165) is 6.07 Å². The Kier molecular flexibility index (Phi) is 3.37. The lowest BCUT2D eigenvalue weighted by Crippen LogP contribution is -1.93. The van der Waals surface area contributed by atoms with Gasteiger partial charge in [0, 0.05) is 6.07 Å². The van der Waals surface area contributed by atoms with Crippen molar-refractivity contribution in [3.63, 3.8) is 0 Å². The predicted octanol–water partition coefficient (Wildman–Crippen LogP) is 3.29. The number of nitro groups is 2. The lowest BCUT2D eigenvalue weighted by molar-refractivity contribution is -0.393.